The topological polar surface area (TPSA) is 108 Å². The Kier molecular flexibility index (Phi) is 3.10. The van der Waals surface area contributed by atoms with Crippen LogP contribution in [0.5, 0.6) is 0 Å². The zero-order valence-electron chi connectivity index (χ0n) is 7.48. The molecule has 6 nitrogen and oxygen atoms in total. The van der Waals surface area contributed by atoms with E-state index in [0.29, 0.717) is 0 Å². The second-order valence-corrected chi connectivity index (χ2v) is 2.69. The molecule has 8 heteroatoms. The highest BCUT2D eigenvalue weighted by Gasteiger charge is 2.21. The summed E-state index contributed by atoms with van der Waals surface area (Å²) in [4.78, 5) is 13.1. The Morgan fingerprint density at radius 3 is 2.60 bits per heavy atom. The molecule has 0 atom stereocenters. The average molecular weight is 218 g/mol. The lowest BCUT2D eigenvalue weighted by molar-refractivity contribution is -0.385. The molecule has 0 radical (unpaired) electrons. The van der Waals surface area contributed by atoms with Crippen molar-refractivity contribution in [2.45, 2.75) is 13.0 Å². The van der Waals surface area contributed by atoms with Gasteiger partial charge >= 0.3 is 0 Å². The predicted octanol–water partition coefficient (Wildman–Crippen LogP) is 0.968. The van der Waals surface area contributed by atoms with Gasteiger partial charge in [-0.25, -0.2) is 13.8 Å². The number of hydrogen-bond donors (Lipinski definition) is 2. The molecule has 0 unspecified atom stereocenters. The van der Waals surface area contributed by atoms with Gasteiger partial charge in [0.25, 0.3) is 12.1 Å². The van der Waals surface area contributed by atoms with E-state index < -0.39 is 28.4 Å². The van der Waals surface area contributed by atoms with Gasteiger partial charge in [0.05, 0.1) is 10.6 Å². The number of nitrogen functional groups attached to an aromatic ring is 1. The van der Waals surface area contributed by atoms with Crippen molar-refractivity contribution in [3.05, 3.63) is 27.6 Å². The summed E-state index contributed by atoms with van der Waals surface area (Å²) in [6, 6.07) is 0.844. The van der Waals surface area contributed by atoms with E-state index in [2.05, 4.69) is 4.98 Å². The minimum Gasteiger partial charge on any atom is -0.397 e. The normalized spacial score (nSPS) is 10.7. The molecule has 0 saturated heterocycles. The lowest BCUT2D eigenvalue weighted by Crippen LogP contribution is -2.09. The molecule has 1 heterocycles. The molecule has 0 fully saturated rings. The SMILES string of the molecule is NCc1nc(C(F)F)c(N)cc1[N+](=O)[O-]. The number of anilines is 1. The van der Waals surface area contributed by atoms with Crippen LogP contribution in [0.25, 0.3) is 0 Å². The van der Waals surface area contributed by atoms with Crippen LogP contribution < -0.4 is 11.5 Å². The van der Waals surface area contributed by atoms with Crippen LogP contribution in [-0.2, 0) is 6.54 Å². The van der Waals surface area contributed by atoms with Crippen molar-refractivity contribution >= 4 is 11.4 Å². The fourth-order valence-corrected chi connectivity index (χ4v) is 1.05. The summed E-state index contributed by atoms with van der Waals surface area (Å²) in [5.41, 5.74) is 8.61. The van der Waals surface area contributed by atoms with E-state index in [0.717, 1.165) is 6.07 Å². The summed E-state index contributed by atoms with van der Waals surface area (Å²) >= 11 is 0. The molecular formula is C7H8F2N4O2. The van der Waals surface area contributed by atoms with Gasteiger partial charge in [0, 0.05) is 12.6 Å². The van der Waals surface area contributed by atoms with Gasteiger partial charge in [-0.05, 0) is 0 Å². The van der Waals surface area contributed by atoms with Crippen LogP contribution in [0, 0.1) is 10.1 Å². The number of alkyl halides is 2. The minimum atomic E-state index is -2.88. The lowest BCUT2D eigenvalue weighted by atomic mass is 10.2. The fourth-order valence-electron chi connectivity index (χ4n) is 1.05. The summed E-state index contributed by atoms with van der Waals surface area (Å²) in [5.74, 6) is 0. The van der Waals surface area contributed by atoms with Gasteiger partial charge < -0.3 is 11.5 Å². The highest BCUT2D eigenvalue weighted by Crippen LogP contribution is 2.28. The van der Waals surface area contributed by atoms with Crippen LogP contribution in [0.1, 0.15) is 17.8 Å². The minimum absolute atomic E-state index is 0.204. The van der Waals surface area contributed by atoms with Crippen LogP contribution in [0.3, 0.4) is 0 Å². The molecule has 4 N–H and O–H groups in total. The molecule has 15 heavy (non-hydrogen) atoms. The second kappa shape index (κ2) is 4.13. The van der Waals surface area contributed by atoms with Crippen LogP contribution in [-0.4, -0.2) is 9.91 Å². The molecule has 0 saturated carbocycles. The van der Waals surface area contributed by atoms with Crippen LogP contribution >= 0.6 is 0 Å². The van der Waals surface area contributed by atoms with Crippen molar-refractivity contribution in [3.8, 4) is 0 Å². The molecule has 0 aliphatic rings. The molecule has 82 valence electrons. The number of nitrogens with two attached hydrogens (primary N) is 2. The van der Waals surface area contributed by atoms with Crippen molar-refractivity contribution in [2.75, 3.05) is 5.73 Å². The maximum Gasteiger partial charge on any atom is 0.294 e. The Labute approximate surface area is 83.0 Å². The number of hydrogen-bond acceptors (Lipinski definition) is 5. The van der Waals surface area contributed by atoms with Gasteiger partial charge in [0.2, 0.25) is 0 Å². The summed E-state index contributed by atoms with van der Waals surface area (Å²) in [6.07, 6.45) is -2.88. The molecular weight excluding hydrogens is 210 g/mol. The molecule has 1 aromatic rings. The van der Waals surface area contributed by atoms with Gasteiger partial charge in [-0.15, -0.1) is 0 Å². The van der Waals surface area contributed by atoms with Crippen molar-refractivity contribution in [3.63, 3.8) is 0 Å². The third-order valence-electron chi connectivity index (χ3n) is 1.74. The molecule has 0 aliphatic carbocycles. The molecule has 1 aromatic heterocycles. The largest absolute Gasteiger partial charge is 0.397 e. The number of rotatable bonds is 3. The zero-order chi connectivity index (χ0) is 11.6. The Bertz CT molecular complexity index is 397. The summed E-state index contributed by atoms with van der Waals surface area (Å²) in [7, 11) is 0. The molecule has 0 bridgehead atoms. The zero-order valence-corrected chi connectivity index (χ0v) is 7.48. The quantitative estimate of drug-likeness (QED) is 0.580. The van der Waals surface area contributed by atoms with Crippen molar-refractivity contribution < 1.29 is 13.7 Å². The third-order valence-corrected chi connectivity index (χ3v) is 1.74. The van der Waals surface area contributed by atoms with E-state index in [-0.39, 0.29) is 12.2 Å². The first-order valence-electron chi connectivity index (χ1n) is 3.89. The van der Waals surface area contributed by atoms with E-state index in [1.807, 2.05) is 0 Å². The van der Waals surface area contributed by atoms with Crippen molar-refractivity contribution in [2.24, 2.45) is 5.73 Å². The van der Waals surface area contributed by atoms with Gasteiger partial charge in [-0.3, -0.25) is 10.1 Å². The standard InChI is InChI=1S/C7H8F2N4O2/c8-7(9)6-3(11)1-5(13(14)15)4(2-10)12-6/h1,7H,2,10-11H2. The van der Waals surface area contributed by atoms with Gasteiger partial charge in [-0.1, -0.05) is 0 Å². The highest BCUT2D eigenvalue weighted by molar-refractivity contribution is 5.53. The summed E-state index contributed by atoms with van der Waals surface area (Å²) < 4.78 is 24.6. The monoisotopic (exact) mass is 218 g/mol. The number of nitro groups is 1. The Morgan fingerprint density at radius 2 is 2.20 bits per heavy atom. The number of nitrogens with zero attached hydrogens (tertiary/aromatic N) is 2. The first-order valence-corrected chi connectivity index (χ1v) is 3.89. The highest BCUT2D eigenvalue weighted by atomic mass is 19.3. The number of pyridine rings is 1. The van der Waals surface area contributed by atoms with Crippen molar-refractivity contribution in [1.82, 2.24) is 4.98 Å². The molecule has 0 aliphatic heterocycles. The lowest BCUT2D eigenvalue weighted by Gasteiger charge is -2.06. The fraction of sp³-hybridized carbons (Fsp3) is 0.286. The van der Waals surface area contributed by atoms with Crippen LogP contribution in [0.2, 0.25) is 0 Å². The Balaban J connectivity index is 3.35. The number of halogens is 2. The van der Waals surface area contributed by atoms with Gasteiger partial charge in [-0.2, -0.15) is 0 Å². The molecule has 0 spiro atoms. The molecule has 0 amide bonds. The van der Waals surface area contributed by atoms with Gasteiger partial charge in [0.15, 0.2) is 0 Å². The molecule has 1 rings (SSSR count). The first-order chi connectivity index (χ1) is 6.97. The second-order valence-electron chi connectivity index (χ2n) is 2.69. The smallest absolute Gasteiger partial charge is 0.294 e. The van der Waals surface area contributed by atoms with Crippen molar-refractivity contribution in [1.29, 1.82) is 0 Å². The number of aromatic nitrogens is 1. The van der Waals surface area contributed by atoms with E-state index in [1.54, 1.807) is 0 Å². The van der Waals surface area contributed by atoms with E-state index >= 15 is 0 Å². The van der Waals surface area contributed by atoms with Crippen LogP contribution in [0.4, 0.5) is 20.2 Å². The summed E-state index contributed by atoms with van der Waals surface area (Å²) in [6.45, 7) is -0.295. The van der Waals surface area contributed by atoms with Crippen LogP contribution in [0.15, 0.2) is 6.07 Å². The average Bonchev–Trinajstić information content (AvgIpc) is 2.16. The Hall–Kier alpha value is -1.83. The maximum absolute atomic E-state index is 12.3. The van der Waals surface area contributed by atoms with E-state index in [1.165, 1.54) is 0 Å². The van der Waals surface area contributed by atoms with E-state index in [4.69, 9.17) is 11.5 Å². The summed E-state index contributed by atoms with van der Waals surface area (Å²) in [5, 5.41) is 10.5. The van der Waals surface area contributed by atoms with E-state index in [9.17, 15) is 18.9 Å². The van der Waals surface area contributed by atoms with Gasteiger partial charge in [0.1, 0.15) is 11.4 Å². The maximum atomic E-state index is 12.3. The Morgan fingerprint density at radius 1 is 1.60 bits per heavy atom. The molecule has 0 aromatic carbocycles. The predicted molar refractivity (Wildman–Crippen MR) is 48.2 cm³/mol. The first kappa shape index (κ1) is 11.2. The third kappa shape index (κ3) is 2.15.